The summed E-state index contributed by atoms with van der Waals surface area (Å²) in [5.41, 5.74) is 0. The molecule has 140 valence electrons. The van der Waals surface area contributed by atoms with Gasteiger partial charge in [-0.2, -0.15) is 0 Å². The minimum atomic E-state index is -0.481. The summed E-state index contributed by atoms with van der Waals surface area (Å²) in [6.45, 7) is 6.85. The van der Waals surface area contributed by atoms with Gasteiger partial charge < -0.3 is 9.47 Å². The molecule has 1 heterocycles. The lowest BCUT2D eigenvalue weighted by Gasteiger charge is -2.32. The topological polar surface area (TPSA) is 55.8 Å². The number of carbonyl (C=O) groups excluding carboxylic acids is 2. The summed E-state index contributed by atoms with van der Waals surface area (Å²) in [5, 5.41) is 0. The maximum atomic E-state index is 12.4. The van der Waals surface area contributed by atoms with Crippen LogP contribution < -0.4 is 0 Å². The summed E-state index contributed by atoms with van der Waals surface area (Å²) >= 11 is 0. The Morgan fingerprint density at radius 1 is 0.875 bits per heavy atom. The van der Waals surface area contributed by atoms with Gasteiger partial charge in [0.25, 0.3) is 0 Å². The van der Waals surface area contributed by atoms with Gasteiger partial charge in [-0.15, -0.1) is 0 Å². The van der Waals surface area contributed by atoms with Crippen molar-refractivity contribution in [2.24, 2.45) is 0 Å². The summed E-state index contributed by atoms with van der Waals surface area (Å²) in [7, 11) is 0. The minimum absolute atomic E-state index is 0.110. The van der Waals surface area contributed by atoms with Crippen LogP contribution in [0.3, 0.4) is 0 Å². The van der Waals surface area contributed by atoms with Crippen molar-refractivity contribution in [2.45, 2.75) is 84.1 Å². The van der Waals surface area contributed by atoms with Crippen LogP contribution in [0.4, 0.5) is 0 Å². The molecule has 5 heteroatoms. The number of hydrogen-bond donors (Lipinski definition) is 0. The Balaban J connectivity index is 2.47. The van der Waals surface area contributed by atoms with Crippen LogP contribution in [0.25, 0.3) is 0 Å². The first-order valence-electron chi connectivity index (χ1n) is 9.75. The molecule has 0 aliphatic carbocycles. The van der Waals surface area contributed by atoms with Crippen LogP contribution in [0.2, 0.25) is 0 Å². The molecule has 1 aliphatic rings. The van der Waals surface area contributed by atoms with E-state index in [9.17, 15) is 9.59 Å². The van der Waals surface area contributed by atoms with Crippen molar-refractivity contribution in [1.29, 1.82) is 0 Å². The molecular weight excluding hydrogens is 306 g/mol. The van der Waals surface area contributed by atoms with Gasteiger partial charge in [0.05, 0.1) is 19.6 Å². The van der Waals surface area contributed by atoms with E-state index in [0.717, 1.165) is 64.5 Å². The summed E-state index contributed by atoms with van der Waals surface area (Å²) in [6.07, 6.45) is 9.53. The van der Waals surface area contributed by atoms with E-state index in [1.54, 1.807) is 0 Å². The molecule has 1 saturated heterocycles. The van der Waals surface area contributed by atoms with Crippen LogP contribution >= 0.6 is 0 Å². The smallest absolute Gasteiger partial charge is 0.323 e. The summed E-state index contributed by atoms with van der Waals surface area (Å²) in [5.74, 6) is -0.550. The average molecular weight is 341 g/mol. The molecule has 1 fully saturated rings. The molecule has 0 aromatic rings. The number of unbranched alkanes of at least 4 members (excludes halogenated alkanes) is 4. The Bertz CT molecular complexity index is 353. The average Bonchev–Trinajstić information content (AvgIpc) is 2.61. The second-order valence-electron chi connectivity index (χ2n) is 6.62. The number of ether oxygens (including phenoxy) is 2. The van der Waals surface area contributed by atoms with Gasteiger partial charge in [0.1, 0.15) is 6.04 Å². The lowest BCUT2D eigenvalue weighted by atomic mass is 10.1. The van der Waals surface area contributed by atoms with Crippen molar-refractivity contribution in [3.05, 3.63) is 0 Å². The Morgan fingerprint density at radius 3 is 2.04 bits per heavy atom. The van der Waals surface area contributed by atoms with Crippen molar-refractivity contribution in [2.75, 3.05) is 26.3 Å². The van der Waals surface area contributed by atoms with Gasteiger partial charge >= 0.3 is 11.9 Å². The molecule has 0 aromatic heterocycles. The van der Waals surface area contributed by atoms with Gasteiger partial charge in [-0.1, -0.05) is 46.0 Å². The van der Waals surface area contributed by atoms with Crippen LogP contribution in [0.15, 0.2) is 0 Å². The van der Waals surface area contributed by atoms with Gasteiger partial charge in [0, 0.05) is 0 Å². The molecule has 0 spiro atoms. The molecule has 24 heavy (non-hydrogen) atoms. The molecular formula is C19H35NO4. The van der Waals surface area contributed by atoms with Crippen LogP contribution in [0, 0.1) is 0 Å². The quantitative estimate of drug-likeness (QED) is 0.400. The molecule has 0 N–H and O–H groups in total. The SMILES string of the molecule is CCCCCOC(=O)C[C@H](C(=O)OCCCCC)N1CCCCC1. The number of hydrogen-bond acceptors (Lipinski definition) is 5. The van der Waals surface area contributed by atoms with Crippen LogP contribution in [0.5, 0.6) is 0 Å². The predicted molar refractivity (Wildman–Crippen MR) is 94.8 cm³/mol. The van der Waals surface area contributed by atoms with Gasteiger partial charge in [-0.25, -0.2) is 0 Å². The zero-order chi connectivity index (χ0) is 17.6. The van der Waals surface area contributed by atoms with Crippen molar-refractivity contribution in [3.8, 4) is 0 Å². The molecule has 0 radical (unpaired) electrons. The van der Waals surface area contributed by atoms with E-state index in [-0.39, 0.29) is 18.4 Å². The third-order valence-electron chi connectivity index (χ3n) is 4.47. The Morgan fingerprint density at radius 2 is 1.46 bits per heavy atom. The fraction of sp³-hybridized carbons (Fsp3) is 0.895. The van der Waals surface area contributed by atoms with Crippen molar-refractivity contribution in [1.82, 2.24) is 4.90 Å². The highest BCUT2D eigenvalue weighted by atomic mass is 16.5. The third-order valence-corrected chi connectivity index (χ3v) is 4.47. The number of likely N-dealkylation sites (tertiary alicyclic amines) is 1. The Hall–Kier alpha value is -1.10. The maximum absolute atomic E-state index is 12.4. The number of rotatable bonds is 12. The van der Waals surface area contributed by atoms with E-state index in [1.165, 1.54) is 6.42 Å². The van der Waals surface area contributed by atoms with E-state index in [2.05, 4.69) is 18.7 Å². The summed E-state index contributed by atoms with van der Waals surface area (Å²) in [6, 6.07) is -0.481. The second kappa shape index (κ2) is 13.2. The van der Waals surface area contributed by atoms with Crippen LogP contribution in [0.1, 0.15) is 78.1 Å². The monoisotopic (exact) mass is 341 g/mol. The fourth-order valence-electron chi connectivity index (χ4n) is 2.97. The van der Waals surface area contributed by atoms with Crippen LogP contribution in [-0.2, 0) is 19.1 Å². The molecule has 1 aliphatic heterocycles. The summed E-state index contributed by atoms with van der Waals surface area (Å²) in [4.78, 5) is 26.6. The van der Waals surface area contributed by atoms with E-state index in [0.29, 0.717) is 13.2 Å². The normalized spacial score (nSPS) is 16.6. The van der Waals surface area contributed by atoms with Crippen molar-refractivity contribution in [3.63, 3.8) is 0 Å². The third kappa shape index (κ3) is 8.67. The van der Waals surface area contributed by atoms with Gasteiger partial charge in [-0.3, -0.25) is 14.5 Å². The predicted octanol–water partition coefficient (Wildman–Crippen LogP) is 3.70. The molecule has 0 amide bonds. The van der Waals surface area contributed by atoms with E-state index >= 15 is 0 Å². The van der Waals surface area contributed by atoms with E-state index < -0.39 is 6.04 Å². The Kier molecular flexibility index (Phi) is 11.5. The highest BCUT2D eigenvalue weighted by Gasteiger charge is 2.31. The van der Waals surface area contributed by atoms with Crippen molar-refractivity contribution >= 4 is 11.9 Å². The van der Waals surface area contributed by atoms with E-state index in [1.807, 2.05) is 0 Å². The molecule has 0 bridgehead atoms. The van der Waals surface area contributed by atoms with Crippen molar-refractivity contribution < 1.29 is 19.1 Å². The molecule has 0 unspecified atom stereocenters. The molecule has 0 saturated carbocycles. The largest absolute Gasteiger partial charge is 0.466 e. The Labute approximate surface area is 147 Å². The fourth-order valence-corrected chi connectivity index (χ4v) is 2.97. The standard InChI is InChI=1S/C19H35NO4/c1-3-5-10-14-23-18(21)16-17(20-12-8-7-9-13-20)19(22)24-15-11-6-4-2/h17H,3-16H2,1-2H3/t17-/m1/s1. The highest BCUT2D eigenvalue weighted by Crippen LogP contribution is 2.16. The van der Waals surface area contributed by atoms with Gasteiger partial charge in [-0.05, 0) is 38.8 Å². The minimum Gasteiger partial charge on any atom is -0.466 e. The summed E-state index contributed by atoms with van der Waals surface area (Å²) < 4.78 is 10.7. The molecule has 1 atom stereocenters. The first-order valence-corrected chi connectivity index (χ1v) is 9.75. The molecule has 0 aromatic carbocycles. The van der Waals surface area contributed by atoms with Crippen LogP contribution in [-0.4, -0.2) is 49.2 Å². The zero-order valence-corrected chi connectivity index (χ0v) is 15.6. The highest BCUT2D eigenvalue weighted by molar-refractivity contribution is 5.82. The lowest BCUT2D eigenvalue weighted by molar-refractivity contribution is -0.157. The lowest BCUT2D eigenvalue weighted by Crippen LogP contribution is -2.46. The number of piperidine rings is 1. The molecule has 5 nitrogen and oxygen atoms in total. The maximum Gasteiger partial charge on any atom is 0.323 e. The van der Waals surface area contributed by atoms with E-state index in [4.69, 9.17) is 9.47 Å². The first-order chi connectivity index (χ1) is 11.7. The first kappa shape index (κ1) is 20.9. The van der Waals surface area contributed by atoms with Gasteiger partial charge in [0.2, 0.25) is 0 Å². The van der Waals surface area contributed by atoms with Gasteiger partial charge in [0.15, 0.2) is 0 Å². The number of carbonyl (C=O) groups is 2. The second-order valence-corrected chi connectivity index (χ2v) is 6.62. The molecule has 1 rings (SSSR count). The number of esters is 2. The number of nitrogens with zero attached hydrogens (tertiary/aromatic N) is 1. The zero-order valence-electron chi connectivity index (χ0n) is 15.6.